The molecule has 0 unspecified atom stereocenters. The molecule has 2 heteroatoms. The van der Waals surface area contributed by atoms with E-state index in [0.717, 1.165) is 73.0 Å². The van der Waals surface area contributed by atoms with Crippen LogP contribution in [0.25, 0.3) is 83.6 Å². The normalized spacial score (nSPS) is 11.8. The Morgan fingerprint density at radius 2 is 1.05 bits per heavy atom. The van der Waals surface area contributed by atoms with Crippen molar-refractivity contribution in [3.63, 3.8) is 0 Å². The Morgan fingerprint density at radius 1 is 0.518 bits per heavy atom. The molecular formula is C54H42N2. The maximum atomic E-state index is 5.24. The predicted molar refractivity (Wildman–Crippen MR) is 241 cm³/mol. The number of rotatable bonds is 8. The zero-order valence-corrected chi connectivity index (χ0v) is 32.1. The summed E-state index contributed by atoms with van der Waals surface area (Å²) in [6, 6.07) is 53.9. The molecule has 0 radical (unpaired) electrons. The topological polar surface area (TPSA) is 25.8 Å². The first-order valence-electron chi connectivity index (χ1n) is 19.3. The van der Waals surface area contributed by atoms with Crippen LogP contribution in [-0.4, -0.2) is 9.97 Å². The molecule has 2 aromatic heterocycles. The van der Waals surface area contributed by atoms with E-state index in [2.05, 4.69) is 203 Å². The maximum Gasteiger partial charge on any atom is 0.0744 e. The van der Waals surface area contributed by atoms with Gasteiger partial charge in [0.2, 0.25) is 0 Å². The van der Waals surface area contributed by atoms with Crippen LogP contribution in [0.4, 0.5) is 0 Å². The largest absolute Gasteiger partial charge is 0.247 e. The van der Waals surface area contributed by atoms with Gasteiger partial charge in [0.25, 0.3) is 0 Å². The Labute approximate surface area is 328 Å². The van der Waals surface area contributed by atoms with Gasteiger partial charge in [-0.15, -0.1) is 0 Å². The molecule has 0 aliphatic carbocycles. The third-order valence-corrected chi connectivity index (χ3v) is 11.3. The van der Waals surface area contributed by atoms with Crippen LogP contribution in [0.15, 0.2) is 170 Å². The molecule has 0 aliphatic rings. The third-order valence-electron chi connectivity index (χ3n) is 11.3. The molecule has 0 atom stereocenters. The predicted octanol–water partition coefficient (Wildman–Crippen LogP) is 14.3. The van der Waals surface area contributed by atoms with Gasteiger partial charge < -0.3 is 0 Å². The number of pyridine rings is 2. The van der Waals surface area contributed by atoms with Crippen molar-refractivity contribution in [1.29, 1.82) is 0 Å². The van der Waals surface area contributed by atoms with Gasteiger partial charge in [-0.25, -0.2) is 9.97 Å². The number of nitrogens with zero attached hydrogens (tertiary/aromatic N) is 2. The van der Waals surface area contributed by atoms with Crippen molar-refractivity contribution >= 4 is 61.1 Å². The number of allylic oxidation sites excluding steroid dienone is 3. The van der Waals surface area contributed by atoms with E-state index in [1.807, 2.05) is 0 Å². The summed E-state index contributed by atoms with van der Waals surface area (Å²) in [6.07, 6.45) is 9.70. The summed E-state index contributed by atoms with van der Waals surface area (Å²) in [7, 11) is 0. The van der Waals surface area contributed by atoms with Crippen molar-refractivity contribution in [3.05, 3.63) is 209 Å². The Kier molecular flexibility index (Phi) is 9.17. The van der Waals surface area contributed by atoms with Gasteiger partial charge in [0.15, 0.2) is 0 Å². The fourth-order valence-electron chi connectivity index (χ4n) is 8.02. The highest BCUT2D eigenvalue weighted by Gasteiger charge is 2.11. The highest BCUT2D eigenvalue weighted by molar-refractivity contribution is 5.97. The van der Waals surface area contributed by atoms with Crippen molar-refractivity contribution in [2.75, 3.05) is 0 Å². The molecule has 0 amide bonds. The van der Waals surface area contributed by atoms with E-state index in [1.165, 1.54) is 43.8 Å². The van der Waals surface area contributed by atoms with E-state index >= 15 is 0 Å². The smallest absolute Gasteiger partial charge is 0.0744 e. The zero-order valence-electron chi connectivity index (χ0n) is 32.1. The van der Waals surface area contributed by atoms with Gasteiger partial charge in [0.05, 0.1) is 22.4 Å². The second-order valence-electron chi connectivity index (χ2n) is 14.8. The molecule has 0 fully saturated rings. The van der Waals surface area contributed by atoms with Gasteiger partial charge in [-0.05, 0) is 111 Å². The Hall–Kier alpha value is -6.90. The van der Waals surface area contributed by atoms with Crippen molar-refractivity contribution in [2.24, 2.45) is 0 Å². The SMILES string of the molecule is C=C(/C=C\c1ccc2ccc(-c3cccc(-c4ccc5ccc(/C=C\Cc6c(C)ccc7ccccc67)c(C)c5n4)c3)nc2c1C)c1cccc2ccccc12. The van der Waals surface area contributed by atoms with E-state index in [-0.39, 0.29) is 0 Å². The number of fused-ring (bicyclic) bond motifs is 4. The van der Waals surface area contributed by atoms with Crippen molar-refractivity contribution in [2.45, 2.75) is 27.2 Å². The molecule has 2 heterocycles. The Balaban J connectivity index is 0.989. The summed E-state index contributed by atoms with van der Waals surface area (Å²) in [4.78, 5) is 10.5. The molecule has 0 aliphatic heterocycles. The first-order chi connectivity index (χ1) is 27.4. The Bertz CT molecular complexity index is 3050. The lowest BCUT2D eigenvalue weighted by Gasteiger charge is -2.11. The van der Waals surface area contributed by atoms with Gasteiger partial charge in [-0.3, -0.25) is 0 Å². The molecule has 56 heavy (non-hydrogen) atoms. The number of aromatic nitrogens is 2. The van der Waals surface area contributed by atoms with Crippen LogP contribution >= 0.6 is 0 Å². The standard InChI is InChI=1S/C54H42N2/c1-35(47-21-11-15-41-12-5-7-18-49(41)47)22-24-40-27-29-44-31-33-52(56-54(44)38(40)4)46-17-9-16-45(34-46)51-32-30-43-28-26-39(37(3)53(43)55-51)14-10-20-48-36(2)23-25-42-13-6-8-19-50(42)48/h5-19,21-34H,1,20H2,2-4H3/b14-10-,24-22-. The minimum absolute atomic E-state index is 0.882. The summed E-state index contributed by atoms with van der Waals surface area (Å²) >= 11 is 0. The molecule has 9 rings (SSSR count). The first kappa shape index (κ1) is 34.8. The van der Waals surface area contributed by atoms with Crippen LogP contribution < -0.4 is 0 Å². The van der Waals surface area contributed by atoms with E-state index in [4.69, 9.17) is 9.97 Å². The summed E-state index contributed by atoms with van der Waals surface area (Å²) in [6.45, 7) is 11.0. The lowest BCUT2D eigenvalue weighted by Crippen LogP contribution is -1.93. The van der Waals surface area contributed by atoms with Crippen LogP contribution in [0.5, 0.6) is 0 Å². The number of benzene rings is 7. The second-order valence-corrected chi connectivity index (χ2v) is 14.8. The molecule has 2 nitrogen and oxygen atoms in total. The number of aryl methyl sites for hydroxylation is 3. The lowest BCUT2D eigenvalue weighted by molar-refractivity contribution is 1.25. The van der Waals surface area contributed by atoms with Gasteiger partial charge in [-0.2, -0.15) is 0 Å². The van der Waals surface area contributed by atoms with Crippen LogP contribution in [0.2, 0.25) is 0 Å². The number of hydrogen-bond acceptors (Lipinski definition) is 2. The van der Waals surface area contributed by atoms with Gasteiger partial charge >= 0.3 is 0 Å². The molecule has 0 saturated heterocycles. The molecule has 268 valence electrons. The zero-order chi connectivity index (χ0) is 38.2. The van der Waals surface area contributed by atoms with Crippen LogP contribution in [0.3, 0.4) is 0 Å². The van der Waals surface area contributed by atoms with Crippen LogP contribution in [0.1, 0.15) is 38.9 Å². The first-order valence-corrected chi connectivity index (χ1v) is 19.3. The van der Waals surface area contributed by atoms with E-state index in [0.29, 0.717) is 0 Å². The van der Waals surface area contributed by atoms with E-state index < -0.39 is 0 Å². The lowest BCUT2D eigenvalue weighted by atomic mass is 9.96. The molecule has 0 bridgehead atoms. The van der Waals surface area contributed by atoms with E-state index in [1.54, 1.807) is 0 Å². The summed E-state index contributed by atoms with van der Waals surface area (Å²) < 4.78 is 0. The third kappa shape index (κ3) is 6.61. The maximum absolute atomic E-state index is 5.24. The van der Waals surface area contributed by atoms with Gasteiger partial charge in [-0.1, -0.05) is 164 Å². The van der Waals surface area contributed by atoms with E-state index in [9.17, 15) is 0 Å². The number of hydrogen-bond donors (Lipinski definition) is 0. The average Bonchev–Trinajstić information content (AvgIpc) is 3.24. The molecule has 0 saturated carbocycles. The highest BCUT2D eigenvalue weighted by atomic mass is 14.7. The highest BCUT2D eigenvalue weighted by Crippen LogP contribution is 2.32. The minimum atomic E-state index is 0.882. The van der Waals surface area contributed by atoms with Crippen molar-refractivity contribution in [1.82, 2.24) is 9.97 Å². The summed E-state index contributed by atoms with van der Waals surface area (Å²) in [5.74, 6) is 0. The monoisotopic (exact) mass is 718 g/mol. The second kappa shape index (κ2) is 14.7. The van der Waals surface area contributed by atoms with Gasteiger partial charge in [0, 0.05) is 21.9 Å². The summed E-state index contributed by atoms with van der Waals surface area (Å²) in [5.41, 5.74) is 15.5. The molecular weight excluding hydrogens is 677 g/mol. The van der Waals surface area contributed by atoms with Crippen LogP contribution in [0, 0.1) is 20.8 Å². The fraction of sp³-hybridized carbons (Fsp3) is 0.0741. The van der Waals surface area contributed by atoms with Crippen molar-refractivity contribution in [3.8, 4) is 22.5 Å². The van der Waals surface area contributed by atoms with Gasteiger partial charge in [0.1, 0.15) is 0 Å². The average molecular weight is 719 g/mol. The molecule has 9 aromatic rings. The minimum Gasteiger partial charge on any atom is -0.247 e. The molecule has 0 N–H and O–H groups in total. The fourth-order valence-corrected chi connectivity index (χ4v) is 8.02. The quantitative estimate of drug-likeness (QED) is 0.146. The van der Waals surface area contributed by atoms with Crippen molar-refractivity contribution < 1.29 is 0 Å². The van der Waals surface area contributed by atoms with Crippen LogP contribution in [-0.2, 0) is 6.42 Å². The summed E-state index contributed by atoms with van der Waals surface area (Å²) in [5, 5.41) is 7.30. The molecule has 7 aromatic carbocycles. The molecule has 0 spiro atoms. The Morgan fingerprint density at radius 3 is 1.73 bits per heavy atom.